The van der Waals surface area contributed by atoms with Crippen LogP contribution in [0.2, 0.25) is 0 Å². The van der Waals surface area contributed by atoms with Crippen LogP contribution >= 0.6 is 0 Å². The van der Waals surface area contributed by atoms with Gasteiger partial charge in [-0.1, -0.05) is 30.3 Å². The van der Waals surface area contributed by atoms with E-state index in [1.807, 2.05) is 26.0 Å². The molecule has 4 heteroatoms. The number of hydrogen-bond acceptors (Lipinski definition) is 4. The molecule has 0 bridgehead atoms. The van der Waals surface area contributed by atoms with Gasteiger partial charge in [0.2, 0.25) is 0 Å². The molecule has 4 rings (SSSR count). The number of rotatable bonds is 7. The summed E-state index contributed by atoms with van der Waals surface area (Å²) in [4.78, 5) is 15.6. The predicted octanol–water partition coefficient (Wildman–Crippen LogP) is 5.14. The van der Waals surface area contributed by atoms with Crippen LogP contribution in [0.4, 0.5) is 0 Å². The number of Topliss-reactive ketones (excluding diaryl/α,β-unsaturated/α-hetero) is 1. The minimum atomic E-state index is 0.0466. The van der Waals surface area contributed by atoms with Gasteiger partial charge in [0.1, 0.15) is 0 Å². The van der Waals surface area contributed by atoms with E-state index in [1.54, 1.807) is 7.11 Å². The summed E-state index contributed by atoms with van der Waals surface area (Å²) >= 11 is 0. The number of methoxy groups -OCH3 is 1. The Morgan fingerprint density at radius 1 is 1.07 bits per heavy atom. The molecule has 30 heavy (non-hydrogen) atoms. The molecule has 1 unspecified atom stereocenters. The van der Waals surface area contributed by atoms with E-state index in [-0.39, 0.29) is 17.8 Å². The maximum Gasteiger partial charge on any atom is 0.166 e. The van der Waals surface area contributed by atoms with Crippen molar-refractivity contribution in [1.82, 2.24) is 4.90 Å². The molecular weight excluding hydrogens is 374 g/mol. The van der Waals surface area contributed by atoms with Gasteiger partial charge in [-0.25, -0.2) is 0 Å². The number of benzene rings is 2. The molecule has 2 aromatic carbocycles. The average Bonchev–Trinajstić information content (AvgIpc) is 3.04. The van der Waals surface area contributed by atoms with E-state index in [2.05, 4.69) is 35.2 Å². The Kier molecular flexibility index (Phi) is 6.43. The van der Waals surface area contributed by atoms with Crippen molar-refractivity contribution in [1.29, 1.82) is 0 Å². The average molecular weight is 408 g/mol. The van der Waals surface area contributed by atoms with Gasteiger partial charge < -0.3 is 9.47 Å². The van der Waals surface area contributed by atoms with Crippen LogP contribution in [0.5, 0.6) is 11.5 Å². The number of likely N-dealkylation sites (tertiary alicyclic amines) is 1. The van der Waals surface area contributed by atoms with Gasteiger partial charge in [-0.2, -0.15) is 0 Å². The van der Waals surface area contributed by atoms with Crippen LogP contribution in [0.1, 0.15) is 54.6 Å². The lowest BCUT2D eigenvalue weighted by atomic mass is 9.85. The number of carbonyl (C=O) groups is 1. The Balaban J connectivity index is 1.35. The maximum absolute atomic E-state index is 13.1. The summed E-state index contributed by atoms with van der Waals surface area (Å²) in [6.07, 6.45) is 4.23. The van der Waals surface area contributed by atoms with E-state index in [0.717, 1.165) is 49.4 Å². The first-order valence-electron chi connectivity index (χ1n) is 11.2. The van der Waals surface area contributed by atoms with Crippen LogP contribution in [-0.2, 0) is 13.0 Å². The monoisotopic (exact) mass is 407 g/mol. The molecule has 2 aliphatic rings. The number of carbonyl (C=O) groups excluding carboxylic acids is 1. The normalized spacial score (nSPS) is 19.9. The number of piperidine rings is 1. The van der Waals surface area contributed by atoms with E-state index in [1.165, 1.54) is 18.4 Å². The fraction of sp³-hybridized carbons (Fsp3) is 0.500. The second kappa shape index (κ2) is 9.22. The molecule has 0 radical (unpaired) electrons. The molecule has 0 amide bonds. The number of ketones is 1. The van der Waals surface area contributed by atoms with E-state index >= 15 is 0 Å². The number of ether oxygens (including phenoxy) is 2. The minimum absolute atomic E-state index is 0.0466. The second-order valence-electron chi connectivity index (χ2n) is 9.03. The molecule has 1 saturated heterocycles. The van der Waals surface area contributed by atoms with E-state index < -0.39 is 0 Å². The Labute approximate surface area is 180 Å². The zero-order chi connectivity index (χ0) is 21.1. The third kappa shape index (κ3) is 4.70. The van der Waals surface area contributed by atoms with Gasteiger partial charge >= 0.3 is 0 Å². The van der Waals surface area contributed by atoms with Crippen LogP contribution < -0.4 is 9.47 Å². The van der Waals surface area contributed by atoms with Crippen LogP contribution in [-0.4, -0.2) is 37.0 Å². The molecule has 2 aromatic rings. The highest BCUT2D eigenvalue weighted by Gasteiger charge is 2.34. The van der Waals surface area contributed by atoms with Crippen molar-refractivity contribution < 1.29 is 14.3 Å². The van der Waals surface area contributed by atoms with Gasteiger partial charge in [-0.05, 0) is 81.8 Å². The van der Waals surface area contributed by atoms with Crippen LogP contribution in [0.25, 0.3) is 0 Å². The molecule has 0 saturated carbocycles. The van der Waals surface area contributed by atoms with Crippen molar-refractivity contribution in [3.63, 3.8) is 0 Å². The smallest absolute Gasteiger partial charge is 0.166 e. The minimum Gasteiger partial charge on any atom is -0.493 e. The Hall–Kier alpha value is -2.33. The Morgan fingerprint density at radius 2 is 1.80 bits per heavy atom. The van der Waals surface area contributed by atoms with Gasteiger partial charge in [0, 0.05) is 18.0 Å². The highest BCUT2D eigenvalue weighted by molar-refractivity contribution is 6.02. The van der Waals surface area contributed by atoms with Gasteiger partial charge in [-0.3, -0.25) is 9.69 Å². The first-order chi connectivity index (χ1) is 14.5. The van der Waals surface area contributed by atoms with Crippen molar-refractivity contribution in [2.75, 3.05) is 20.2 Å². The fourth-order valence-electron chi connectivity index (χ4n) is 4.90. The Bertz CT molecular complexity index is 869. The molecule has 1 fully saturated rings. The summed E-state index contributed by atoms with van der Waals surface area (Å²) in [5.41, 5.74) is 3.32. The zero-order valence-electron chi connectivity index (χ0n) is 18.4. The summed E-state index contributed by atoms with van der Waals surface area (Å²) in [5.74, 6) is 2.42. The summed E-state index contributed by atoms with van der Waals surface area (Å²) in [5, 5.41) is 0. The molecule has 0 N–H and O–H groups in total. The van der Waals surface area contributed by atoms with Crippen molar-refractivity contribution in [3.05, 3.63) is 59.2 Å². The lowest BCUT2D eigenvalue weighted by molar-refractivity contribution is 0.0895. The largest absolute Gasteiger partial charge is 0.493 e. The lowest BCUT2D eigenvalue weighted by Crippen LogP contribution is -2.34. The van der Waals surface area contributed by atoms with Crippen molar-refractivity contribution in [2.45, 2.75) is 52.2 Å². The van der Waals surface area contributed by atoms with Gasteiger partial charge in [0.05, 0.1) is 13.2 Å². The molecule has 1 aliphatic heterocycles. The van der Waals surface area contributed by atoms with E-state index in [9.17, 15) is 4.79 Å². The van der Waals surface area contributed by atoms with Crippen molar-refractivity contribution in [2.24, 2.45) is 11.8 Å². The van der Waals surface area contributed by atoms with E-state index in [0.29, 0.717) is 11.7 Å². The summed E-state index contributed by atoms with van der Waals surface area (Å²) in [7, 11) is 1.66. The second-order valence-corrected chi connectivity index (χ2v) is 9.03. The molecule has 4 nitrogen and oxygen atoms in total. The van der Waals surface area contributed by atoms with Crippen molar-refractivity contribution in [3.8, 4) is 11.5 Å². The van der Waals surface area contributed by atoms with Gasteiger partial charge in [0.15, 0.2) is 17.3 Å². The van der Waals surface area contributed by atoms with Gasteiger partial charge in [-0.15, -0.1) is 0 Å². The molecule has 0 aromatic heterocycles. The quantitative estimate of drug-likeness (QED) is 0.637. The standard InChI is InChI=1S/C26H33NO3/c1-18(2)30-25-16-23-21(15-24(25)29-3)14-22(26(23)28)13-19-9-11-27(12-10-19)17-20-7-5-4-6-8-20/h4-8,15-16,18-19,22H,9-14,17H2,1-3H3. The fourth-order valence-corrected chi connectivity index (χ4v) is 4.90. The van der Waals surface area contributed by atoms with Crippen molar-refractivity contribution >= 4 is 5.78 Å². The molecular formula is C26H33NO3. The summed E-state index contributed by atoms with van der Waals surface area (Å²) in [6.45, 7) is 7.24. The zero-order valence-corrected chi connectivity index (χ0v) is 18.4. The first kappa shape index (κ1) is 20.9. The first-order valence-corrected chi connectivity index (χ1v) is 11.2. The molecule has 1 heterocycles. The Morgan fingerprint density at radius 3 is 2.47 bits per heavy atom. The molecule has 1 atom stereocenters. The van der Waals surface area contributed by atoms with E-state index in [4.69, 9.17) is 9.47 Å². The number of fused-ring (bicyclic) bond motifs is 1. The summed E-state index contributed by atoms with van der Waals surface area (Å²) in [6, 6.07) is 14.6. The van der Waals surface area contributed by atoms with Crippen LogP contribution in [0.3, 0.4) is 0 Å². The predicted molar refractivity (Wildman–Crippen MR) is 119 cm³/mol. The van der Waals surface area contributed by atoms with Crippen LogP contribution in [0.15, 0.2) is 42.5 Å². The van der Waals surface area contributed by atoms with Gasteiger partial charge in [0.25, 0.3) is 0 Å². The SMILES string of the molecule is COc1cc2c(cc1OC(C)C)C(=O)C(CC1CCN(Cc3ccccc3)CC1)C2. The maximum atomic E-state index is 13.1. The summed E-state index contributed by atoms with van der Waals surface area (Å²) < 4.78 is 11.4. The molecule has 160 valence electrons. The molecule has 0 spiro atoms. The molecule has 1 aliphatic carbocycles. The highest BCUT2D eigenvalue weighted by Crippen LogP contribution is 2.40. The topological polar surface area (TPSA) is 38.8 Å². The number of hydrogen-bond donors (Lipinski definition) is 0. The van der Waals surface area contributed by atoms with Crippen LogP contribution in [0, 0.1) is 11.8 Å². The third-order valence-electron chi connectivity index (χ3n) is 6.43. The highest BCUT2D eigenvalue weighted by atomic mass is 16.5. The third-order valence-corrected chi connectivity index (χ3v) is 6.43. The lowest BCUT2D eigenvalue weighted by Gasteiger charge is -2.32. The number of nitrogens with zero attached hydrogens (tertiary/aromatic N) is 1.